The lowest BCUT2D eigenvalue weighted by molar-refractivity contribution is 0.0233. The molecule has 15 heavy (non-hydrogen) atoms. The molecule has 0 bridgehead atoms. The fourth-order valence-electron chi connectivity index (χ4n) is 1.52. The molecule has 1 fully saturated rings. The molecule has 1 heterocycles. The van der Waals surface area contributed by atoms with Gasteiger partial charge < -0.3 is 9.47 Å². The molecule has 0 aromatic carbocycles. The van der Waals surface area contributed by atoms with Gasteiger partial charge in [0.25, 0.3) is 0 Å². The Balaban J connectivity index is 1.87. The molecule has 3 nitrogen and oxygen atoms in total. The zero-order valence-corrected chi connectivity index (χ0v) is 9.78. The molecule has 0 amide bonds. The van der Waals surface area contributed by atoms with Gasteiger partial charge in [0, 0.05) is 19.6 Å². The smallest absolute Gasteiger partial charge is 0.0648 e. The van der Waals surface area contributed by atoms with Crippen molar-refractivity contribution < 1.29 is 9.47 Å². The lowest BCUT2D eigenvalue weighted by atomic mass is 10.3. The van der Waals surface area contributed by atoms with E-state index in [4.69, 9.17) is 9.47 Å². The van der Waals surface area contributed by atoms with Crippen molar-refractivity contribution in [1.29, 1.82) is 0 Å². The van der Waals surface area contributed by atoms with E-state index in [2.05, 4.69) is 24.0 Å². The standard InChI is InChI=1S/C12H23NO2/c1-2-3-4-5-9-14-10-6-13-7-11-15-12-8-13/h4-5H,2-3,6-12H2,1H3/b5-4+. The van der Waals surface area contributed by atoms with Crippen LogP contribution in [0.1, 0.15) is 19.8 Å². The number of hydrogen-bond donors (Lipinski definition) is 0. The summed E-state index contributed by atoms with van der Waals surface area (Å²) in [6.45, 7) is 8.65. The molecule has 1 aliphatic rings. The van der Waals surface area contributed by atoms with E-state index in [9.17, 15) is 0 Å². The van der Waals surface area contributed by atoms with E-state index in [-0.39, 0.29) is 0 Å². The summed E-state index contributed by atoms with van der Waals surface area (Å²) in [7, 11) is 0. The minimum atomic E-state index is 0.754. The van der Waals surface area contributed by atoms with Crippen molar-refractivity contribution in [1.82, 2.24) is 4.90 Å². The lowest BCUT2D eigenvalue weighted by Crippen LogP contribution is -2.38. The summed E-state index contributed by atoms with van der Waals surface area (Å²) in [4.78, 5) is 2.39. The summed E-state index contributed by atoms with van der Waals surface area (Å²) in [6.07, 6.45) is 6.68. The third-order valence-corrected chi connectivity index (χ3v) is 2.49. The van der Waals surface area contributed by atoms with Crippen LogP contribution in [0.4, 0.5) is 0 Å². The molecule has 1 saturated heterocycles. The molecule has 88 valence electrons. The highest BCUT2D eigenvalue weighted by molar-refractivity contribution is 4.80. The third-order valence-electron chi connectivity index (χ3n) is 2.49. The van der Waals surface area contributed by atoms with Crippen LogP contribution in [0.5, 0.6) is 0 Å². The SMILES string of the molecule is CCC/C=C/COCCN1CCOCC1. The summed E-state index contributed by atoms with van der Waals surface area (Å²) in [6, 6.07) is 0. The van der Waals surface area contributed by atoms with E-state index in [1.54, 1.807) is 0 Å². The quantitative estimate of drug-likeness (QED) is 0.474. The van der Waals surface area contributed by atoms with Crippen LogP contribution in [0.2, 0.25) is 0 Å². The molecule has 1 aliphatic heterocycles. The second-order valence-electron chi connectivity index (χ2n) is 3.79. The zero-order valence-electron chi connectivity index (χ0n) is 9.78. The number of unbranched alkanes of at least 4 members (excludes halogenated alkanes) is 1. The Kier molecular flexibility index (Phi) is 7.52. The van der Waals surface area contributed by atoms with Gasteiger partial charge in [-0.25, -0.2) is 0 Å². The molecular weight excluding hydrogens is 190 g/mol. The van der Waals surface area contributed by atoms with Gasteiger partial charge in [-0.2, -0.15) is 0 Å². The molecule has 0 radical (unpaired) electrons. The Hall–Kier alpha value is -0.380. The van der Waals surface area contributed by atoms with Crippen molar-refractivity contribution in [3.05, 3.63) is 12.2 Å². The average Bonchev–Trinajstić information content (AvgIpc) is 2.29. The summed E-state index contributed by atoms with van der Waals surface area (Å²) < 4.78 is 10.8. The van der Waals surface area contributed by atoms with Gasteiger partial charge in [0.15, 0.2) is 0 Å². The zero-order chi connectivity index (χ0) is 10.8. The maximum atomic E-state index is 5.51. The highest BCUT2D eigenvalue weighted by atomic mass is 16.5. The van der Waals surface area contributed by atoms with Crippen molar-refractivity contribution >= 4 is 0 Å². The number of nitrogens with zero attached hydrogens (tertiary/aromatic N) is 1. The number of rotatable bonds is 7. The highest BCUT2D eigenvalue weighted by Crippen LogP contribution is 1.96. The molecule has 3 heteroatoms. The number of allylic oxidation sites excluding steroid dienone is 1. The van der Waals surface area contributed by atoms with Gasteiger partial charge in [-0.15, -0.1) is 0 Å². The summed E-state index contributed by atoms with van der Waals surface area (Å²) in [5, 5.41) is 0. The lowest BCUT2D eigenvalue weighted by Gasteiger charge is -2.26. The van der Waals surface area contributed by atoms with E-state index in [1.165, 1.54) is 6.42 Å². The fraction of sp³-hybridized carbons (Fsp3) is 0.833. The van der Waals surface area contributed by atoms with Crippen molar-refractivity contribution in [3.63, 3.8) is 0 Å². The predicted octanol–water partition coefficient (Wildman–Crippen LogP) is 1.69. The number of morpholine rings is 1. The van der Waals surface area contributed by atoms with E-state index in [0.717, 1.165) is 52.5 Å². The topological polar surface area (TPSA) is 21.7 Å². The van der Waals surface area contributed by atoms with Crippen LogP contribution in [0.3, 0.4) is 0 Å². The summed E-state index contributed by atoms with van der Waals surface area (Å²) in [5.41, 5.74) is 0. The first-order valence-corrected chi connectivity index (χ1v) is 5.96. The van der Waals surface area contributed by atoms with E-state index in [1.807, 2.05) is 0 Å². The Bertz CT molecular complexity index is 165. The minimum Gasteiger partial charge on any atom is -0.379 e. The molecule has 1 rings (SSSR count). The van der Waals surface area contributed by atoms with Gasteiger partial charge in [0.2, 0.25) is 0 Å². The summed E-state index contributed by atoms with van der Waals surface area (Å²) >= 11 is 0. The molecule has 0 aromatic rings. The molecule has 0 aromatic heterocycles. The predicted molar refractivity (Wildman–Crippen MR) is 62.1 cm³/mol. The molecule has 0 N–H and O–H groups in total. The molecular formula is C12H23NO2. The summed E-state index contributed by atoms with van der Waals surface area (Å²) in [5.74, 6) is 0. The van der Waals surface area contributed by atoms with Crippen molar-refractivity contribution in [2.24, 2.45) is 0 Å². The van der Waals surface area contributed by atoms with Crippen LogP contribution in [0.15, 0.2) is 12.2 Å². The molecule has 0 aliphatic carbocycles. The minimum absolute atomic E-state index is 0.754. The normalized spacial score (nSPS) is 18.7. The molecule has 0 atom stereocenters. The maximum Gasteiger partial charge on any atom is 0.0648 e. The van der Waals surface area contributed by atoms with Gasteiger partial charge in [0.1, 0.15) is 0 Å². The van der Waals surface area contributed by atoms with Crippen LogP contribution in [-0.4, -0.2) is 51.0 Å². The maximum absolute atomic E-state index is 5.51. The average molecular weight is 213 g/mol. The molecule has 0 saturated carbocycles. The van der Waals surface area contributed by atoms with Gasteiger partial charge in [-0.1, -0.05) is 25.5 Å². The second kappa shape index (κ2) is 8.89. The first-order valence-electron chi connectivity index (χ1n) is 5.96. The largest absolute Gasteiger partial charge is 0.379 e. The van der Waals surface area contributed by atoms with E-state index < -0.39 is 0 Å². The first kappa shape index (κ1) is 12.7. The van der Waals surface area contributed by atoms with Crippen molar-refractivity contribution in [2.45, 2.75) is 19.8 Å². The Labute approximate surface area is 93.0 Å². The van der Waals surface area contributed by atoms with Gasteiger partial charge in [-0.05, 0) is 6.42 Å². The van der Waals surface area contributed by atoms with Crippen LogP contribution in [0, 0.1) is 0 Å². The van der Waals surface area contributed by atoms with Crippen molar-refractivity contribution in [2.75, 3.05) is 46.1 Å². The van der Waals surface area contributed by atoms with Crippen LogP contribution < -0.4 is 0 Å². The van der Waals surface area contributed by atoms with E-state index in [0.29, 0.717) is 0 Å². The monoisotopic (exact) mass is 213 g/mol. The number of ether oxygens (including phenoxy) is 2. The van der Waals surface area contributed by atoms with Gasteiger partial charge >= 0.3 is 0 Å². The fourth-order valence-corrected chi connectivity index (χ4v) is 1.52. The highest BCUT2D eigenvalue weighted by Gasteiger charge is 2.08. The second-order valence-corrected chi connectivity index (χ2v) is 3.79. The van der Waals surface area contributed by atoms with Gasteiger partial charge in [0.05, 0.1) is 26.4 Å². The Morgan fingerprint density at radius 1 is 1.27 bits per heavy atom. The van der Waals surface area contributed by atoms with Crippen LogP contribution >= 0.6 is 0 Å². The Morgan fingerprint density at radius 2 is 2.07 bits per heavy atom. The van der Waals surface area contributed by atoms with Gasteiger partial charge in [-0.3, -0.25) is 4.90 Å². The molecule has 0 spiro atoms. The number of hydrogen-bond acceptors (Lipinski definition) is 3. The Morgan fingerprint density at radius 3 is 2.80 bits per heavy atom. The van der Waals surface area contributed by atoms with E-state index >= 15 is 0 Å². The van der Waals surface area contributed by atoms with Crippen LogP contribution in [0.25, 0.3) is 0 Å². The van der Waals surface area contributed by atoms with Crippen LogP contribution in [-0.2, 0) is 9.47 Å². The third kappa shape index (κ3) is 6.66. The van der Waals surface area contributed by atoms with Crippen molar-refractivity contribution in [3.8, 4) is 0 Å². The first-order chi connectivity index (χ1) is 7.43. The molecule has 0 unspecified atom stereocenters.